The molecule has 1 amide bonds. The van der Waals surface area contributed by atoms with Gasteiger partial charge < -0.3 is 10.1 Å². The monoisotopic (exact) mass is 440 g/mol. The van der Waals surface area contributed by atoms with Gasteiger partial charge in [-0.05, 0) is 54.4 Å². The summed E-state index contributed by atoms with van der Waals surface area (Å²) >= 11 is 0. The predicted molar refractivity (Wildman–Crippen MR) is 120 cm³/mol. The van der Waals surface area contributed by atoms with E-state index in [1.54, 1.807) is 38.1 Å². The number of aryl methyl sites for hydroxylation is 1. The maximum atomic E-state index is 12.9. The smallest absolute Gasteiger partial charge is 0.338 e. The van der Waals surface area contributed by atoms with Gasteiger partial charge in [-0.2, -0.15) is 4.31 Å². The first-order valence-electron chi connectivity index (χ1n) is 9.75. The van der Waals surface area contributed by atoms with Gasteiger partial charge in [-0.25, -0.2) is 13.2 Å². The fraction of sp³-hybridized carbons (Fsp3) is 0.217. The maximum absolute atomic E-state index is 12.9. The SMILES string of the molecule is CCOC(=O)c1ccc(C)c(NC(=O)CN(C)S(=O)(=O)c2ccc3ccccc3c2)c1. The van der Waals surface area contributed by atoms with Gasteiger partial charge in [0.15, 0.2) is 0 Å². The van der Waals surface area contributed by atoms with Crippen molar-refractivity contribution in [3.05, 3.63) is 71.8 Å². The van der Waals surface area contributed by atoms with Crippen LogP contribution in [0.25, 0.3) is 10.8 Å². The highest BCUT2D eigenvalue weighted by Crippen LogP contribution is 2.22. The molecule has 0 heterocycles. The number of likely N-dealkylation sites (N-methyl/N-ethyl adjacent to an activating group) is 1. The van der Waals surface area contributed by atoms with E-state index in [1.165, 1.54) is 19.2 Å². The number of nitrogens with one attached hydrogen (secondary N) is 1. The number of hydrogen-bond donors (Lipinski definition) is 1. The van der Waals surface area contributed by atoms with E-state index in [1.807, 2.05) is 24.3 Å². The maximum Gasteiger partial charge on any atom is 0.338 e. The summed E-state index contributed by atoms with van der Waals surface area (Å²) in [5.41, 5.74) is 1.47. The first kappa shape index (κ1) is 22.5. The van der Waals surface area contributed by atoms with Gasteiger partial charge in [0.05, 0.1) is 23.6 Å². The zero-order chi connectivity index (χ0) is 22.6. The Morgan fingerprint density at radius 3 is 2.42 bits per heavy atom. The van der Waals surface area contributed by atoms with E-state index in [0.29, 0.717) is 11.3 Å². The van der Waals surface area contributed by atoms with Gasteiger partial charge in [0.25, 0.3) is 0 Å². The normalized spacial score (nSPS) is 11.5. The first-order valence-corrected chi connectivity index (χ1v) is 11.2. The molecule has 0 bridgehead atoms. The van der Waals surface area contributed by atoms with Crippen LogP contribution in [0.2, 0.25) is 0 Å². The number of amides is 1. The van der Waals surface area contributed by atoms with E-state index < -0.39 is 21.9 Å². The molecule has 0 radical (unpaired) electrons. The van der Waals surface area contributed by atoms with Gasteiger partial charge in [-0.1, -0.05) is 36.4 Å². The predicted octanol–water partition coefficient (Wildman–Crippen LogP) is 3.58. The second-order valence-electron chi connectivity index (χ2n) is 7.07. The lowest BCUT2D eigenvalue weighted by atomic mass is 10.1. The average molecular weight is 441 g/mol. The van der Waals surface area contributed by atoms with Gasteiger partial charge >= 0.3 is 5.97 Å². The van der Waals surface area contributed by atoms with E-state index in [4.69, 9.17) is 4.74 Å². The Bertz CT molecular complexity index is 1240. The van der Waals surface area contributed by atoms with Crippen LogP contribution in [0.1, 0.15) is 22.8 Å². The molecule has 3 aromatic carbocycles. The summed E-state index contributed by atoms with van der Waals surface area (Å²) < 4.78 is 31.8. The van der Waals surface area contributed by atoms with Gasteiger partial charge in [0.1, 0.15) is 0 Å². The number of nitrogens with zero attached hydrogens (tertiary/aromatic N) is 1. The zero-order valence-corrected chi connectivity index (χ0v) is 18.4. The lowest BCUT2D eigenvalue weighted by Crippen LogP contribution is -2.35. The van der Waals surface area contributed by atoms with Crippen molar-refractivity contribution in [3.63, 3.8) is 0 Å². The minimum atomic E-state index is -3.86. The second kappa shape index (κ2) is 9.28. The molecule has 0 unspecified atom stereocenters. The van der Waals surface area contributed by atoms with E-state index in [-0.39, 0.29) is 18.0 Å². The highest BCUT2D eigenvalue weighted by molar-refractivity contribution is 7.89. The summed E-state index contributed by atoms with van der Waals surface area (Å²) in [6, 6.07) is 17.1. The van der Waals surface area contributed by atoms with Crippen LogP contribution >= 0.6 is 0 Å². The van der Waals surface area contributed by atoms with Crippen LogP contribution in [-0.4, -0.2) is 44.8 Å². The van der Waals surface area contributed by atoms with Crippen LogP contribution in [-0.2, 0) is 19.6 Å². The third-order valence-electron chi connectivity index (χ3n) is 4.82. The number of anilines is 1. The lowest BCUT2D eigenvalue weighted by molar-refractivity contribution is -0.116. The van der Waals surface area contributed by atoms with Gasteiger partial charge in [0.2, 0.25) is 15.9 Å². The van der Waals surface area contributed by atoms with Crippen molar-refractivity contribution < 1.29 is 22.7 Å². The second-order valence-corrected chi connectivity index (χ2v) is 9.11. The van der Waals surface area contributed by atoms with Crippen LogP contribution in [0.4, 0.5) is 5.69 Å². The van der Waals surface area contributed by atoms with Crippen molar-refractivity contribution in [2.45, 2.75) is 18.7 Å². The quantitative estimate of drug-likeness (QED) is 0.567. The first-order chi connectivity index (χ1) is 14.7. The number of esters is 1. The Labute approximate surface area is 181 Å². The Hall–Kier alpha value is -3.23. The summed E-state index contributed by atoms with van der Waals surface area (Å²) in [7, 11) is -2.51. The van der Waals surface area contributed by atoms with E-state index in [0.717, 1.165) is 20.6 Å². The van der Waals surface area contributed by atoms with E-state index >= 15 is 0 Å². The molecule has 7 nitrogen and oxygen atoms in total. The summed E-state index contributed by atoms with van der Waals surface area (Å²) in [4.78, 5) is 24.6. The number of ether oxygens (including phenoxy) is 1. The van der Waals surface area contributed by atoms with Crippen molar-refractivity contribution in [2.24, 2.45) is 0 Å². The number of benzene rings is 3. The Morgan fingerprint density at radius 1 is 1.00 bits per heavy atom. The molecule has 0 atom stereocenters. The molecule has 0 aliphatic heterocycles. The standard InChI is InChI=1S/C23H24N2O5S/c1-4-30-23(27)19-10-9-16(2)21(14-19)24-22(26)15-25(3)31(28,29)20-12-11-17-7-5-6-8-18(17)13-20/h5-14H,4,15H2,1-3H3,(H,24,26). The van der Waals surface area contributed by atoms with Crippen molar-refractivity contribution in [3.8, 4) is 0 Å². The van der Waals surface area contributed by atoms with Crippen LogP contribution in [0.3, 0.4) is 0 Å². The third kappa shape index (κ3) is 5.10. The number of fused-ring (bicyclic) bond motifs is 1. The molecule has 0 spiro atoms. The van der Waals surface area contributed by atoms with Crippen LogP contribution in [0.5, 0.6) is 0 Å². The number of carbonyl (C=O) groups excluding carboxylic acids is 2. The topological polar surface area (TPSA) is 92.8 Å². The lowest BCUT2D eigenvalue weighted by Gasteiger charge is -2.18. The van der Waals surface area contributed by atoms with Crippen LogP contribution < -0.4 is 5.32 Å². The highest BCUT2D eigenvalue weighted by atomic mass is 32.2. The van der Waals surface area contributed by atoms with Gasteiger partial charge in [-0.15, -0.1) is 0 Å². The molecular formula is C23H24N2O5S. The summed E-state index contributed by atoms with van der Waals surface area (Å²) in [5.74, 6) is -1.01. The molecule has 3 rings (SSSR count). The number of sulfonamides is 1. The summed E-state index contributed by atoms with van der Waals surface area (Å²) in [5, 5.41) is 4.41. The molecule has 0 aromatic heterocycles. The molecule has 1 N–H and O–H groups in total. The molecular weight excluding hydrogens is 416 g/mol. The van der Waals surface area contributed by atoms with Gasteiger partial charge in [0, 0.05) is 12.7 Å². The largest absolute Gasteiger partial charge is 0.462 e. The molecule has 0 aliphatic carbocycles. The summed E-state index contributed by atoms with van der Waals surface area (Å²) in [6.45, 7) is 3.35. The molecule has 3 aromatic rings. The Kier molecular flexibility index (Phi) is 6.72. The molecule has 0 fully saturated rings. The number of rotatable bonds is 7. The number of hydrogen-bond acceptors (Lipinski definition) is 5. The van der Waals surface area contributed by atoms with Crippen molar-refractivity contribution >= 4 is 38.4 Å². The van der Waals surface area contributed by atoms with Crippen molar-refractivity contribution in [1.29, 1.82) is 0 Å². The third-order valence-corrected chi connectivity index (χ3v) is 6.62. The molecule has 31 heavy (non-hydrogen) atoms. The molecule has 8 heteroatoms. The van der Waals surface area contributed by atoms with E-state index in [9.17, 15) is 18.0 Å². The Morgan fingerprint density at radius 2 is 1.71 bits per heavy atom. The van der Waals surface area contributed by atoms with Crippen LogP contribution in [0, 0.1) is 6.92 Å². The molecule has 0 aliphatic rings. The van der Waals surface area contributed by atoms with Gasteiger partial charge in [-0.3, -0.25) is 4.79 Å². The summed E-state index contributed by atoms with van der Waals surface area (Å²) in [6.07, 6.45) is 0. The molecule has 0 saturated carbocycles. The van der Waals surface area contributed by atoms with Crippen molar-refractivity contribution in [2.75, 3.05) is 25.5 Å². The average Bonchev–Trinajstić information content (AvgIpc) is 2.75. The number of carbonyl (C=O) groups is 2. The highest BCUT2D eigenvalue weighted by Gasteiger charge is 2.23. The van der Waals surface area contributed by atoms with Crippen molar-refractivity contribution in [1.82, 2.24) is 4.31 Å². The fourth-order valence-electron chi connectivity index (χ4n) is 3.08. The minimum Gasteiger partial charge on any atom is -0.462 e. The van der Waals surface area contributed by atoms with E-state index in [2.05, 4.69) is 5.32 Å². The minimum absolute atomic E-state index is 0.113. The molecule has 162 valence electrons. The van der Waals surface area contributed by atoms with Crippen LogP contribution in [0.15, 0.2) is 65.6 Å². The molecule has 0 saturated heterocycles. The zero-order valence-electron chi connectivity index (χ0n) is 17.6. The fourth-order valence-corrected chi connectivity index (χ4v) is 4.25. The Balaban J connectivity index is 1.75.